The lowest BCUT2D eigenvalue weighted by molar-refractivity contribution is -0.479. The van der Waals surface area contributed by atoms with Crippen molar-refractivity contribution < 1.29 is 111 Å². The van der Waals surface area contributed by atoms with Gasteiger partial charge in [0.15, 0.2) is 6.17 Å². The van der Waals surface area contributed by atoms with E-state index in [-0.39, 0.29) is 12.3 Å². The van der Waals surface area contributed by atoms with Crippen LogP contribution >= 0.6 is 0 Å². The van der Waals surface area contributed by atoms with Gasteiger partial charge in [0.25, 0.3) is 0 Å². The Hall–Kier alpha value is -2.57. The van der Waals surface area contributed by atoms with Crippen LogP contribution in [0.2, 0.25) is 19.6 Å². The van der Waals surface area contributed by atoms with Crippen LogP contribution in [0.4, 0.5) is 92.2 Å². The first-order chi connectivity index (χ1) is 19.7. The molecule has 0 aromatic heterocycles. The van der Waals surface area contributed by atoms with Crippen molar-refractivity contribution >= 4 is 20.0 Å². The molecule has 1 atom stereocenters. The summed E-state index contributed by atoms with van der Waals surface area (Å²) in [4.78, 5) is 22.6. The van der Waals surface area contributed by atoms with Crippen molar-refractivity contribution in [3.8, 4) is 0 Å². The van der Waals surface area contributed by atoms with E-state index in [1.165, 1.54) is 0 Å². The van der Waals surface area contributed by atoms with E-state index in [9.17, 15) is 102 Å². The summed E-state index contributed by atoms with van der Waals surface area (Å²) in [7, 11) is -2.21. The van der Waals surface area contributed by atoms with Crippen LogP contribution in [-0.4, -0.2) is 91.8 Å². The van der Waals surface area contributed by atoms with Gasteiger partial charge in [-0.3, -0.25) is 0 Å². The predicted molar refractivity (Wildman–Crippen MR) is 110 cm³/mol. The standard InChI is InChI=1S/C20H17F21O4Si/c1-8(21)11(22,23)12(24,25)13(26,27)14(28,29)15(30,31)16(32,33)17(34,35)18(36,37)19(38,39)20(40,41)45-10(43)6-5-9(42)44-7-46(2,3)4/h5-6,8H,7H2,1-4H3. The summed E-state index contributed by atoms with van der Waals surface area (Å²) in [5.74, 6) is -83.3. The second-order valence-electron chi connectivity index (χ2n) is 10.3. The first-order valence-corrected chi connectivity index (χ1v) is 14.9. The topological polar surface area (TPSA) is 52.6 Å². The molecule has 0 amide bonds. The molecular weight excluding hydrogens is 731 g/mol. The largest absolute Gasteiger partial charge is 0.473 e. The summed E-state index contributed by atoms with van der Waals surface area (Å²) in [5, 5.41) is 0. The Morgan fingerprint density at radius 1 is 0.543 bits per heavy atom. The third-order valence-electron chi connectivity index (χ3n) is 5.28. The van der Waals surface area contributed by atoms with Crippen LogP contribution in [0.3, 0.4) is 0 Å². The maximum Gasteiger partial charge on any atom is 0.473 e. The summed E-state index contributed by atoms with van der Waals surface area (Å²) in [6.45, 7) is 3.85. The van der Waals surface area contributed by atoms with Gasteiger partial charge in [-0.1, -0.05) is 19.6 Å². The maximum absolute atomic E-state index is 13.9. The van der Waals surface area contributed by atoms with Gasteiger partial charge in [0.05, 0.1) is 14.3 Å². The molecule has 0 fully saturated rings. The molecule has 0 heterocycles. The van der Waals surface area contributed by atoms with Gasteiger partial charge >= 0.3 is 71.3 Å². The zero-order chi connectivity index (χ0) is 37.8. The Bertz CT molecular complexity index is 1160. The van der Waals surface area contributed by atoms with Crippen LogP contribution in [0.15, 0.2) is 12.2 Å². The molecule has 0 aromatic carbocycles. The highest BCUT2D eigenvalue weighted by Gasteiger charge is 2.98. The summed E-state index contributed by atoms with van der Waals surface area (Å²) in [5.41, 5.74) is 0. The molecule has 0 spiro atoms. The molecule has 0 aliphatic carbocycles. The zero-order valence-electron chi connectivity index (χ0n) is 22.5. The summed E-state index contributed by atoms with van der Waals surface area (Å²) in [6, 6.07) is 0. The number of hydrogen-bond acceptors (Lipinski definition) is 4. The minimum atomic E-state index is -9.30. The number of ether oxygens (including phenoxy) is 2. The third-order valence-corrected chi connectivity index (χ3v) is 6.29. The lowest BCUT2D eigenvalue weighted by atomic mass is 9.85. The summed E-state index contributed by atoms with van der Waals surface area (Å²) < 4.78 is 293. The summed E-state index contributed by atoms with van der Waals surface area (Å²) >= 11 is 0. The monoisotopic (exact) mass is 748 g/mol. The highest BCUT2D eigenvalue weighted by Crippen LogP contribution is 2.66. The Kier molecular flexibility index (Phi) is 11.5. The molecule has 0 aliphatic heterocycles. The normalized spacial score (nSPS) is 16.5. The Morgan fingerprint density at radius 2 is 0.826 bits per heavy atom. The smallest absolute Gasteiger partial charge is 0.466 e. The van der Waals surface area contributed by atoms with Crippen LogP contribution < -0.4 is 0 Å². The quantitative estimate of drug-likeness (QED) is 0.0735. The number of alkyl halides is 21. The Balaban J connectivity index is 6.76. The fourth-order valence-corrected chi connectivity index (χ4v) is 3.10. The van der Waals surface area contributed by atoms with Crippen molar-refractivity contribution in [2.45, 2.75) is 92.1 Å². The van der Waals surface area contributed by atoms with Crippen LogP contribution in [-0.2, 0) is 19.1 Å². The van der Waals surface area contributed by atoms with Gasteiger partial charge < -0.3 is 9.47 Å². The molecular formula is C20H17F21O4Si. The number of hydrogen-bond donors (Lipinski definition) is 0. The Morgan fingerprint density at radius 3 is 1.13 bits per heavy atom. The second-order valence-corrected chi connectivity index (χ2v) is 15.7. The molecule has 0 bridgehead atoms. The molecule has 26 heteroatoms. The van der Waals surface area contributed by atoms with Crippen molar-refractivity contribution in [1.29, 1.82) is 0 Å². The van der Waals surface area contributed by atoms with E-state index in [1.54, 1.807) is 19.6 Å². The molecule has 46 heavy (non-hydrogen) atoms. The molecule has 272 valence electrons. The van der Waals surface area contributed by atoms with Crippen molar-refractivity contribution in [3.05, 3.63) is 12.2 Å². The average Bonchev–Trinajstić information content (AvgIpc) is 2.84. The molecule has 0 aromatic rings. The highest BCUT2D eigenvalue weighted by molar-refractivity contribution is 6.76. The molecule has 0 saturated carbocycles. The predicted octanol–water partition coefficient (Wildman–Crippen LogP) is 8.17. The molecule has 1 unspecified atom stereocenters. The van der Waals surface area contributed by atoms with Crippen LogP contribution in [0.5, 0.6) is 0 Å². The van der Waals surface area contributed by atoms with Crippen molar-refractivity contribution in [1.82, 2.24) is 0 Å². The zero-order valence-corrected chi connectivity index (χ0v) is 23.5. The number of esters is 2. The SMILES string of the molecule is CC(F)C(F)(F)C(F)(F)C(F)(F)C(F)(F)C(F)(F)C(F)(F)C(F)(F)C(F)(F)C(F)(F)C(F)(F)OC(=O)C=CC(=O)OC[Si](C)(C)C. The van der Waals surface area contributed by atoms with Gasteiger partial charge in [-0.15, -0.1) is 0 Å². The Labute approximate surface area is 242 Å². The molecule has 0 aliphatic rings. The van der Waals surface area contributed by atoms with Crippen molar-refractivity contribution in [3.63, 3.8) is 0 Å². The van der Waals surface area contributed by atoms with Gasteiger partial charge in [-0.05, 0) is 6.92 Å². The van der Waals surface area contributed by atoms with E-state index in [1.807, 2.05) is 0 Å². The summed E-state index contributed by atoms with van der Waals surface area (Å²) in [6.07, 6.45) is -13.6. The van der Waals surface area contributed by atoms with Gasteiger partial charge in [-0.25, -0.2) is 14.0 Å². The minimum absolute atomic E-state index is 0.233. The number of carbonyl (C=O) groups is 2. The number of halogens is 21. The fourth-order valence-electron chi connectivity index (χ4n) is 2.52. The van der Waals surface area contributed by atoms with Gasteiger partial charge in [0, 0.05) is 12.2 Å². The number of rotatable bonds is 15. The first kappa shape index (κ1) is 43.4. The van der Waals surface area contributed by atoms with Crippen LogP contribution in [0.25, 0.3) is 0 Å². The van der Waals surface area contributed by atoms with E-state index in [0.29, 0.717) is 0 Å². The minimum Gasteiger partial charge on any atom is -0.466 e. The maximum atomic E-state index is 13.9. The first-order valence-electron chi connectivity index (χ1n) is 11.2. The van der Waals surface area contributed by atoms with Crippen molar-refractivity contribution in [2.75, 3.05) is 6.23 Å². The van der Waals surface area contributed by atoms with Gasteiger partial charge in [0.2, 0.25) is 0 Å². The van der Waals surface area contributed by atoms with E-state index in [4.69, 9.17) is 0 Å². The van der Waals surface area contributed by atoms with Crippen molar-refractivity contribution in [2.24, 2.45) is 0 Å². The lowest BCUT2D eigenvalue weighted by Crippen LogP contribution is -2.77. The lowest BCUT2D eigenvalue weighted by Gasteiger charge is -2.44. The molecule has 0 N–H and O–H groups in total. The molecule has 4 nitrogen and oxygen atoms in total. The average molecular weight is 748 g/mol. The van der Waals surface area contributed by atoms with E-state index in [0.717, 1.165) is 0 Å². The highest BCUT2D eigenvalue weighted by atomic mass is 28.3. The third kappa shape index (κ3) is 6.71. The van der Waals surface area contributed by atoms with E-state index < -0.39 is 98.6 Å². The molecule has 0 saturated heterocycles. The number of carbonyl (C=O) groups excluding carboxylic acids is 2. The van der Waals surface area contributed by atoms with E-state index >= 15 is 0 Å². The fraction of sp³-hybridized carbons (Fsp3) is 0.800. The van der Waals surface area contributed by atoms with Crippen LogP contribution in [0, 0.1) is 0 Å². The van der Waals surface area contributed by atoms with Gasteiger partial charge in [-0.2, -0.15) is 87.8 Å². The van der Waals surface area contributed by atoms with Gasteiger partial charge in [0.1, 0.15) is 0 Å². The van der Waals surface area contributed by atoms with Crippen LogP contribution in [0.1, 0.15) is 6.92 Å². The van der Waals surface area contributed by atoms with E-state index in [2.05, 4.69) is 9.47 Å². The second kappa shape index (κ2) is 12.1. The molecule has 0 radical (unpaired) electrons. The molecule has 0 rings (SSSR count).